The van der Waals surface area contributed by atoms with Crippen LogP contribution in [-0.2, 0) is 19.9 Å². The molecule has 2 atom stereocenters. The van der Waals surface area contributed by atoms with Crippen molar-refractivity contribution >= 4 is 21.8 Å². The number of benzene rings is 2. The first kappa shape index (κ1) is 28.6. The summed E-state index contributed by atoms with van der Waals surface area (Å²) in [7, 11) is -4.02. The van der Waals surface area contributed by atoms with Gasteiger partial charge >= 0.3 is 18.4 Å². The van der Waals surface area contributed by atoms with E-state index in [-0.39, 0.29) is 24.4 Å². The maximum atomic E-state index is 14.6. The number of anilines is 1. The van der Waals surface area contributed by atoms with E-state index in [9.17, 15) is 40.3 Å². The van der Waals surface area contributed by atoms with E-state index in [4.69, 9.17) is 8.92 Å². The monoisotopic (exact) mass is 552 g/mol. The Morgan fingerprint density at radius 1 is 1.05 bits per heavy atom. The molecule has 3 rings (SSSR count). The lowest BCUT2D eigenvalue weighted by molar-refractivity contribution is -0.148. The topological polar surface area (TPSA) is 96.4 Å². The number of urea groups is 1. The summed E-state index contributed by atoms with van der Waals surface area (Å²) in [6, 6.07) is 8.56. The Kier molecular flexibility index (Phi) is 8.34. The maximum absolute atomic E-state index is 14.6. The fourth-order valence-corrected chi connectivity index (χ4v) is 4.20. The van der Waals surface area contributed by atoms with Crippen LogP contribution in [0.15, 0.2) is 48.5 Å². The molecule has 0 aliphatic carbocycles. The van der Waals surface area contributed by atoms with Crippen LogP contribution < -0.4 is 9.64 Å². The molecule has 37 heavy (non-hydrogen) atoms. The molecule has 0 spiro atoms. The Morgan fingerprint density at radius 2 is 1.68 bits per heavy atom. The second kappa shape index (κ2) is 10.8. The van der Waals surface area contributed by atoms with Crippen LogP contribution >= 0.6 is 0 Å². The van der Waals surface area contributed by atoms with Gasteiger partial charge < -0.3 is 14.7 Å². The molecule has 1 fully saturated rings. The summed E-state index contributed by atoms with van der Waals surface area (Å²) in [5.41, 5.74) is -2.19. The molecular formula is C23H25F5N2O6S. The van der Waals surface area contributed by atoms with Gasteiger partial charge in [-0.05, 0) is 37.3 Å². The Hall–Kier alpha value is -2.97. The lowest BCUT2D eigenvalue weighted by Crippen LogP contribution is -2.53. The van der Waals surface area contributed by atoms with Gasteiger partial charge in [-0.25, -0.2) is 18.0 Å². The van der Waals surface area contributed by atoms with Crippen LogP contribution in [0.1, 0.15) is 12.5 Å². The predicted octanol–water partition coefficient (Wildman–Crippen LogP) is 3.60. The molecule has 0 bridgehead atoms. The van der Waals surface area contributed by atoms with E-state index in [1.54, 1.807) is 0 Å². The summed E-state index contributed by atoms with van der Waals surface area (Å²) in [4.78, 5) is 15.7. The van der Waals surface area contributed by atoms with Gasteiger partial charge in [0.05, 0.1) is 12.3 Å². The number of rotatable bonds is 11. The summed E-state index contributed by atoms with van der Waals surface area (Å²) < 4.78 is 98.1. The average molecular weight is 553 g/mol. The number of halogens is 5. The zero-order chi connectivity index (χ0) is 27.6. The molecule has 2 amide bonds. The smallest absolute Gasteiger partial charge is 0.340 e. The Balaban J connectivity index is 1.79. The number of hydrogen-bond acceptors (Lipinski definition) is 6. The third-order valence-electron chi connectivity index (χ3n) is 5.93. The van der Waals surface area contributed by atoms with E-state index in [1.165, 1.54) is 59.2 Å². The number of nitrogens with zero attached hydrogens (tertiary/aromatic N) is 2. The van der Waals surface area contributed by atoms with Crippen molar-refractivity contribution < 1.29 is 49.2 Å². The van der Waals surface area contributed by atoms with Gasteiger partial charge in [0, 0.05) is 24.3 Å². The molecule has 14 heteroatoms. The van der Waals surface area contributed by atoms with Gasteiger partial charge in [-0.3, -0.25) is 9.08 Å². The molecule has 2 aromatic carbocycles. The first-order chi connectivity index (χ1) is 17.2. The van der Waals surface area contributed by atoms with E-state index in [0.717, 1.165) is 12.3 Å². The molecule has 0 aromatic heterocycles. The number of alkyl halides is 4. The van der Waals surface area contributed by atoms with E-state index in [2.05, 4.69) is 0 Å². The van der Waals surface area contributed by atoms with Crippen molar-refractivity contribution in [1.82, 2.24) is 4.90 Å². The lowest BCUT2D eigenvalue weighted by Gasteiger charge is -2.39. The zero-order valence-electron chi connectivity index (χ0n) is 19.8. The van der Waals surface area contributed by atoms with E-state index < -0.39 is 59.2 Å². The predicted molar refractivity (Wildman–Crippen MR) is 123 cm³/mol. The van der Waals surface area contributed by atoms with Gasteiger partial charge in [-0.15, -0.1) is 0 Å². The number of ether oxygens (including phenoxy) is 1. The van der Waals surface area contributed by atoms with Crippen molar-refractivity contribution in [2.75, 3.05) is 37.5 Å². The molecule has 0 saturated carbocycles. The molecular weight excluding hydrogens is 527 g/mol. The molecule has 1 aliphatic heterocycles. The number of hydrogen-bond donors (Lipinski definition) is 1. The largest absolute Gasteiger partial charge is 0.487 e. The highest BCUT2D eigenvalue weighted by Gasteiger charge is 2.46. The van der Waals surface area contributed by atoms with E-state index in [1.807, 2.05) is 0 Å². The van der Waals surface area contributed by atoms with Crippen molar-refractivity contribution in [2.24, 2.45) is 0 Å². The fraction of sp³-hybridized carbons (Fsp3) is 0.435. The minimum absolute atomic E-state index is 0.0640. The van der Waals surface area contributed by atoms with Crippen LogP contribution in [0.2, 0.25) is 0 Å². The second-order valence-electron chi connectivity index (χ2n) is 8.52. The molecule has 1 aliphatic rings. The van der Waals surface area contributed by atoms with Gasteiger partial charge in [0.25, 0.3) is 10.1 Å². The van der Waals surface area contributed by atoms with Crippen LogP contribution in [0, 0.1) is 5.82 Å². The summed E-state index contributed by atoms with van der Waals surface area (Å²) in [6.07, 6.45) is -3.11. The summed E-state index contributed by atoms with van der Waals surface area (Å²) in [5.74, 6) is -5.27. The van der Waals surface area contributed by atoms with E-state index >= 15 is 0 Å². The average Bonchev–Trinajstić information content (AvgIpc) is 3.22. The first-order valence-electron chi connectivity index (χ1n) is 10.9. The van der Waals surface area contributed by atoms with Gasteiger partial charge in [-0.1, -0.05) is 18.2 Å². The molecule has 0 unspecified atom stereocenters. The van der Waals surface area contributed by atoms with Crippen LogP contribution in [-0.4, -0.2) is 75.4 Å². The highest BCUT2D eigenvalue weighted by molar-refractivity contribution is 7.85. The summed E-state index contributed by atoms with van der Waals surface area (Å²) >= 11 is 0. The van der Waals surface area contributed by atoms with E-state index in [0.29, 0.717) is 5.69 Å². The normalized spacial score (nSPS) is 17.3. The van der Waals surface area contributed by atoms with Gasteiger partial charge in [0.1, 0.15) is 23.8 Å². The summed E-state index contributed by atoms with van der Waals surface area (Å²) in [6.45, 7) is -0.781. The minimum atomic E-state index is -4.32. The number of amides is 2. The summed E-state index contributed by atoms with van der Waals surface area (Å²) in [5, 5.41) is 11.5. The number of carbonyl (C=O) groups is 1. The van der Waals surface area contributed by atoms with Crippen LogP contribution in [0.25, 0.3) is 0 Å². The highest BCUT2D eigenvalue weighted by Crippen LogP contribution is 2.34. The third kappa shape index (κ3) is 6.48. The fourth-order valence-electron chi connectivity index (χ4n) is 3.81. The standard InChI is InChI=1S/C23H25F5N2O6S/c1-15(22(32,13-36-37(2,33)34)18-5-3-4-6-19(18)24)29-11-12-30(21(29)31)16-7-9-17(10-8-16)35-14-23(27,28)20(25)26/h3-10,15,20,32H,11-14H2,1-2H3/t15-,22-/m1/s1. The second-order valence-corrected chi connectivity index (χ2v) is 10.2. The molecule has 204 valence electrons. The van der Waals surface area contributed by atoms with Crippen LogP contribution in [0.4, 0.5) is 32.4 Å². The van der Waals surface area contributed by atoms with Crippen molar-refractivity contribution in [3.63, 3.8) is 0 Å². The molecule has 1 N–H and O–H groups in total. The molecule has 1 heterocycles. The molecule has 8 nitrogen and oxygen atoms in total. The third-order valence-corrected chi connectivity index (χ3v) is 6.48. The molecule has 2 aromatic rings. The lowest BCUT2D eigenvalue weighted by atomic mass is 9.86. The van der Waals surface area contributed by atoms with Crippen molar-refractivity contribution in [2.45, 2.75) is 30.9 Å². The number of carbonyl (C=O) groups excluding carboxylic acids is 1. The van der Waals surface area contributed by atoms with Gasteiger partial charge in [0.15, 0.2) is 6.61 Å². The molecule has 0 radical (unpaired) electrons. The van der Waals surface area contributed by atoms with Crippen LogP contribution in [0.5, 0.6) is 5.75 Å². The Labute approximate surface area is 210 Å². The highest BCUT2D eigenvalue weighted by atomic mass is 32.2. The van der Waals surface area contributed by atoms with Crippen molar-refractivity contribution in [3.05, 3.63) is 59.9 Å². The van der Waals surface area contributed by atoms with Crippen molar-refractivity contribution in [3.8, 4) is 5.75 Å². The van der Waals surface area contributed by atoms with Crippen LogP contribution in [0.3, 0.4) is 0 Å². The SMILES string of the molecule is C[C@@H](N1CCN(c2ccc(OCC(F)(F)C(F)F)cc2)C1=O)[C@](O)(COS(C)(=O)=O)c1ccccc1F. The minimum Gasteiger partial charge on any atom is -0.487 e. The van der Waals surface area contributed by atoms with Gasteiger partial charge in [0.2, 0.25) is 0 Å². The quantitative estimate of drug-likeness (QED) is 0.338. The maximum Gasteiger partial charge on any atom is 0.340 e. The zero-order valence-corrected chi connectivity index (χ0v) is 20.6. The first-order valence-corrected chi connectivity index (χ1v) is 12.8. The van der Waals surface area contributed by atoms with Gasteiger partial charge in [-0.2, -0.15) is 17.2 Å². The van der Waals surface area contributed by atoms with Crippen molar-refractivity contribution in [1.29, 1.82) is 0 Å². The Bertz CT molecular complexity index is 1210. The molecule has 1 saturated heterocycles. The number of aliphatic hydroxyl groups is 1. The Morgan fingerprint density at radius 3 is 2.24 bits per heavy atom.